The van der Waals surface area contributed by atoms with Crippen LogP contribution in [0.4, 0.5) is 0 Å². The van der Waals surface area contributed by atoms with E-state index in [0.29, 0.717) is 24.2 Å². The summed E-state index contributed by atoms with van der Waals surface area (Å²) in [7, 11) is -3.69. The monoisotopic (exact) mass is 389 g/mol. The minimum atomic E-state index is -3.69. The van der Waals surface area contributed by atoms with Crippen molar-refractivity contribution < 1.29 is 13.2 Å². The van der Waals surface area contributed by atoms with Gasteiger partial charge in [0.15, 0.2) is 0 Å². The third-order valence-electron chi connectivity index (χ3n) is 4.24. The number of sulfonamides is 1. The molecule has 0 N–H and O–H groups in total. The van der Waals surface area contributed by atoms with Gasteiger partial charge in [-0.3, -0.25) is 4.79 Å². The maximum atomic E-state index is 12.7. The van der Waals surface area contributed by atoms with E-state index in [1.54, 1.807) is 47.4 Å². The zero-order valence-electron chi connectivity index (χ0n) is 13.8. The Bertz CT molecular complexity index is 960. The molecule has 1 saturated heterocycles. The van der Waals surface area contributed by atoms with E-state index in [9.17, 15) is 13.2 Å². The van der Waals surface area contributed by atoms with Crippen LogP contribution in [-0.2, 0) is 10.0 Å². The topological polar surface area (TPSA) is 81.5 Å². The van der Waals surface area contributed by atoms with Gasteiger partial charge in [-0.15, -0.1) is 0 Å². The highest BCUT2D eigenvalue weighted by molar-refractivity contribution is 7.89. The number of rotatable bonds is 3. The van der Waals surface area contributed by atoms with Gasteiger partial charge in [0.1, 0.15) is 4.90 Å². The number of hydrogen-bond acceptors (Lipinski definition) is 4. The molecular formula is C18H16ClN3O3S. The molecule has 0 saturated carbocycles. The zero-order chi connectivity index (χ0) is 18.7. The first-order valence-corrected chi connectivity index (χ1v) is 9.79. The molecule has 1 amide bonds. The van der Waals surface area contributed by atoms with Crippen molar-refractivity contribution in [2.75, 3.05) is 26.2 Å². The van der Waals surface area contributed by atoms with Crippen LogP contribution in [0.15, 0.2) is 53.4 Å². The van der Waals surface area contributed by atoms with E-state index in [1.807, 2.05) is 6.07 Å². The molecule has 0 spiro atoms. The molecule has 2 aromatic carbocycles. The number of benzene rings is 2. The minimum Gasteiger partial charge on any atom is -0.336 e. The van der Waals surface area contributed by atoms with Crippen LogP contribution in [0.2, 0.25) is 5.02 Å². The molecule has 1 fully saturated rings. The van der Waals surface area contributed by atoms with E-state index in [1.165, 1.54) is 10.4 Å². The molecule has 0 aliphatic carbocycles. The molecule has 1 aliphatic heterocycles. The van der Waals surface area contributed by atoms with E-state index >= 15 is 0 Å². The Kier molecular flexibility index (Phi) is 5.28. The van der Waals surface area contributed by atoms with Gasteiger partial charge in [0.2, 0.25) is 10.0 Å². The van der Waals surface area contributed by atoms with Crippen molar-refractivity contribution in [3.63, 3.8) is 0 Å². The summed E-state index contributed by atoms with van der Waals surface area (Å²) in [5.74, 6) is -0.177. The van der Waals surface area contributed by atoms with Gasteiger partial charge in [-0.05, 0) is 36.4 Å². The third-order valence-corrected chi connectivity index (χ3v) is 6.64. The fourth-order valence-corrected chi connectivity index (χ4v) is 4.71. The Hall–Kier alpha value is -2.40. The molecule has 26 heavy (non-hydrogen) atoms. The highest BCUT2D eigenvalue weighted by Gasteiger charge is 2.31. The average molecular weight is 390 g/mol. The first-order valence-electron chi connectivity index (χ1n) is 7.97. The Morgan fingerprint density at radius 2 is 1.62 bits per heavy atom. The quantitative estimate of drug-likeness (QED) is 0.806. The molecule has 134 valence electrons. The summed E-state index contributed by atoms with van der Waals surface area (Å²) >= 11 is 6.02. The smallest absolute Gasteiger partial charge is 0.253 e. The fraction of sp³-hybridized carbons (Fsp3) is 0.222. The van der Waals surface area contributed by atoms with Crippen molar-refractivity contribution in [3.8, 4) is 6.07 Å². The van der Waals surface area contributed by atoms with Gasteiger partial charge in [-0.2, -0.15) is 9.57 Å². The molecule has 2 aromatic rings. The van der Waals surface area contributed by atoms with Gasteiger partial charge in [0, 0.05) is 31.7 Å². The Balaban J connectivity index is 1.70. The van der Waals surface area contributed by atoms with Gasteiger partial charge in [0.05, 0.1) is 16.7 Å². The van der Waals surface area contributed by atoms with Crippen LogP contribution in [-0.4, -0.2) is 49.7 Å². The maximum Gasteiger partial charge on any atom is 0.253 e. The van der Waals surface area contributed by atoms with E-state index in [4.69, 9.17) is 16.9 Å². The summed E-state index contributed by atoms with van der Waals surface area (Å²) in [6.07, 6.45) is 0. The molecule has 1 heterocycles. The van der Waals surface area contributed by atoms with Crippen LogP contribution >= 0.6 is 11.6 Å². The number of halogens is 1. The Morgan fingerprint density at radius 3 is 2.19 bits per heavy atom. The molecular weight excluding hydrogens is 374 g/mol. The number of nitriles is 1. The van der Waals surface area contributed by atoms with Gasteiger partial charge in [0.25, 0.3) is 5.91 Å². The van der Waals surface area contributed by atoms with Crippen molar-refractivity contribution >= 4 is 27.5 Å². The van der Waals surface area contributed by atoms with Gasteiger partial charge in [-0.1, -0.05) is 23.7 Å². The summed E-state index contributed by atoms with van der Waals surface area (Å²) in [5.41, 5.74) is 0.962. The number of nitrogens with zero attached hydrogens (tertiary/aromatic N) is 3. The lowest BCUT2D eigenvalue weighted by molar-refractivity contribution is 0.0698. The SMILES string of the molecule is N#Cc1ccc(C(=O)N2CCN(S(=O)(=O)c3ccccc3Cl)CC2)cc1. The van der Waals surface area contributed by atoms with Crippen LogP contribution in [0, 0.1) is 11.3 Å². The highest BCUT2D eigenvalue weighted by atomic mass is 35.5. The second-order valence-electron chi connectivity index (χ2n) is 5.82. The predicted molar refractivity (Wildman–Crippen MR) is 97.3 cm³/mol. The molecule has 6 nitrogen and oxygen atoms in total. The Morgan fingerprint density at radius 1 is 1.00 bits per heavy atom. The van der Waals surface area contributed by atoms with Crippen molar-refractivity contribution in [1.29, 1.82) is 5.26 Å². The molecule has 0 unspecified atom stereocenters. The number of carbonyl (C=O) groups excluding carboxylic acids is 1. The normalized spacial score (nSPS) is 15.5. The summed E-state index contributed by atoms with van der Waals surface area (Å²) in [6.45, 7) is 0.996. The number of piperazine rings is 1. The molecule has 3 rings (SSSR count). The largest absolute Gasteiger partial charge is 0.336 e. The molecule has 8 heteroatoms. The van der Waals surface area contributed by atoms with E-state index in [0.717, 1.165) is 0 Å². The van der Waals surface area contributed by atoms with Crippen LogP contribution in [0.3, 0.4) is 0 Å². The second kappa shape index (κ2) is 7.46. The number of amides is 1. The molecule has 0 aromatic heterocycles. The second-order valence-corrected chi connectivity index (χ2v) is 8.13. The van der Waals surface area contributed by atoms with E-state index in [-0.39, 0.29) is 28.9 Å². The van der Waals surface area contributed by atoms with Crippen LogP contribution in [0.5, 0.6) is 0 Å². The van der Waals surface area contributed by atoms with Gasteiger partial charge in [-0.25, -0.2) is 8.42 Å². The average Bonchev–Trinajstić information content (AvgIpc) is 2.68. The summed E-state index contributed by atoms with van der Waals surface area (Å²) in [5, 5.41) is 9.00. The molecule has 1 aliphatic rings. The zero-order valence-corrected chi connectivity index (χ0v) is 15.4. The molecule has 0 atom stereocenters. The summed E-state index contributed by atoms with van der Waals surface area (Å²) < 4.78 is 26.8. The van der Waals surface area contributed by atoms with Crippen molar-refractivity contribution in [2.45, 2.75) is 4.90 Å². The first-order chi connectivity index (χ1) is 12.4. The fourth-order valence-electron chi connectivity index (χ4n) is 2.79. The maximum absolute atomic E-state index is 12.7. The standard InChI is InChI=1S/C18H16ClN3O3S/c19-16-3-1-2-4-17(16)26(24,25)22-11-9-21(10-12-22)18(23)15-7-5-14(13-20)6-8-15/h1-8H,9-12H2. The lowest BCUT2D eigenvalue weighted by Gasteiger charge is -2.34. The summed E-state index contributed by atoms with van der Waals surface area (Å²) in [4.78, 5) is 14.2. The van der Waals surface area contributed by atoms with E-state index < -0.39 is 10.0 Å². The third kappa shape index (κ3) is 3.58. The predicted octanol–water partition coefficient (Wildman–Crippen LogP) is 2.36. The lowest BCUT2D eigenvalue weighted by Crippen LogP contribution is -2.50. The summed E-state index contributed by atoms with van der Waals surface area (Å²) in [6, 6.07) is 14.7. The Labute approximate surface area is 157 Å². The van der Waals surface area contributed by atoms with E-state index in [2.05, 4.69) is 0 Å². The van der Waals surface area contributed by atoms with Crippen LogP contribution < -0.4 is 0 Å². The first kappa shape index (κ1) is 18.4. The van der Waals surface area contributed by atoms with Crippen LogP contribution in [0.1, 0.15) is 15.9 Å². The van der Waals surface area contributed by atoms with Crippen LogP contribution in [0.25, 0.3) is 0 Å². The molecule has 0 radical (unpaired) electrons. The minimum absolute atomic E-state index is 0.0773. The van der Waals surface area contributed by atoms with Crippen molar-refractivity contribution in [2.24, 2.45) is 0 Å². The number of hydrogen-bond donors (Lipinski definition) is 0. The lowest BCUT2D eigenvalue weighted by atomic mass is 10.1. The molecule has 0 bridgehead atoms. The van der Waals surface area contributed by atoms with Crippen molar-refractivity contribution in [1.82, 2.24) is 9.21 Å². The van der Waals surface area contributed by atoms with Crippen molar-refractivity contribution in [3.05, 3.63) is 64.7 Å². The number of carbonyl (C=O) groups is 1. The van der Waals surface area contributed by atoms with Gasteiger partial charge >= 0.3 is 0 Å². The van der Waals surface area contributed by atoms with Gasteiger partial charge < -0.3 is 4.90 Å². The highest BCUT2D eigenvalue weighted by Crippen LogP contribution is 2.25.